The molecule has 0 bridgehead atoms. The zero-order valence-corrected chi connectivity index (χ0v) is 24.2. The Balaban J connectivity index is 1.79. The van der Waals surface area contributed by atoms with E-state index < -0.39 is 71.0 Å². The van der Waals surface area contributed by atoms with E-state index in [-0.39, 0.29) is 30.7 Å². The molecule has 1 aromatic carbocycles. The van der Waals surface area contributed by atoms with Gasteiger partial charge in [0.1, 0.15) is 11.7 Å². The van der Waals surface area contributed by atoms with Crippen LogP contribution in [0.15, 0.2) is 6.07 Å². The average molecular weight is 577 g/mol. The first-order valence-electron chi connectivity index (χ1n) is 13.5. The maximum absolute atomic E-state index is 14.1. The van der Waals surface area contributed by atoms with Crippen LogP contribution in [0.3, 0.4) is 0 Å². The quantitative estimate of drug-likeness (QED) is 0.168. The van der Waals surface area contributed by atoms with E-state index in [9.17, 15) is 34.5 Å². The lowest BCUT2D eigenvalue weighted by Crippen LogP contribution is -2.75. The van der Waals surface area contributed by atoms with Crippen LogP contribution in [0.5, 0.6) is 5.75 Å². The summed E-state index contributed by atoms with van der Waals surface area (Å²) in [6, 6.07) is 0.827. The first-order chi connectivity index (χ1) is 19.2. The van der Waals surface area contributed by atoms with Crippen LogP contribution in [-0.2, 0) is 36.8 Å². The Bertz CT molecular complexity index is 1250. The SMILES string of the molecule is COC(CNCc1cc(N(C)C)c2c(c1O)C(=O)C1C(=O)[C@@]3(O)C(=O)C(C(N)=O)C(O)C(N(C)C)[C@H]3C[C@H]1C2)OC. The van der Waals surface area contributed by atoms with Gasteiger partial charge in [-0.1, -0.05) is 0 Å². The normalized spacial score (nSPS) is 31.2. The van der Waals surface area contributed by atoms with E-state index in [4.69, 9.17) is 15.2 Å². The van der Waals surface area contributed by atoms with Gasteiger partial charge in [0.2, 0.25) is 5.91 Å². The summed E-state index contributed by atoms with van der Waals surface area (Å²) in [5.41, 5.74) is 4.35. The van der Waals surface area contributed by atoms with E-state index in [0.717, 1.165) is 0 Å². The van der Waals surface area contributed by atoms with Crippen LogP contribution >= 0.6 is 0 Å². The van der Waals surface area contributed by atoms with Crippen molar-refractivity contribution in [3.05, 3.63) is 22.8 Å². The molecule has 0 saturated heterocycles. The number of ether oxygens (including phenoxy) is 2. The number of nitrogens with zero attached hydrogens (tertiary/aromatic N) is 2. The third-order valence-electron chi connectivity index (χ3n) is 8.98. The first-order valence-corrected chi connectivity index (χ1v) is 13.5. The molecule has 0 aromatic heterocycles. The van der Waals surface area contributed by atoms with Gasteiger partial charge >= 0.3 is 0 Å². The van der Waals surface area contributed by atoms with Crippen LogP contribution in [-0.4, -0.2) is 116 Å². The zero-order chi connectivity index (χ0) is 30.5. The van der Waals surface area contributed by atoms with Gasteiger partial charge in [-0.3, -0.25) is 19.2 Å². The van der Waals surface area contributed by atoms with Crippen molar-refractivity contribution in [3.63, 3.8) is 0 Å². The molecular formula is C28H40N4O9. The number of carbonyl (C=O) groups excluding carboxylic acids is 4. The van der Waals surface area contributed by atoms with Crippen LogP contribution < -0.4 is 16.0 Å². The fourth-order valence-electron chi connectivity index (χ4n) is 7.05. The van der Waals surface area contributed by atoms with Crippen molar-refractivity contribution in [2.24, 2.45) is 29.4 Å². The summed E-state index contributed by atoms with van der Waals surface area (Å²) in [5.74, 6) is -9.28. The smallest absolute Gasteiger partial charge is 0.230 e. The van der Waals surface area contributed by atoms with Crippen LogP contribution in [0.25, 0.3) is 0 Å². The van der Waals surface area contributed by atoms with E-state index in [1.807, 2.05) is 4.90 Å². The predicted molar refractivity (Wildman–Crippen MR) is 146 cm³/mol. The minimum atomic E-state index is -2.70. The number of methoxy groups -OCH3 is 2. The van der Waals surface area contributed by atoms with E-state index in [1.54, 1.807) is 39.2 Å². The fourth-order valence-corrected chi connectivity index (χ4v) is 7.05. The molecule has 13 nitrogen and oxygen atoms in total. The number of hydrogen-bond donors (Lipinski definition) is 5. The molecule has 226 valence electrons. The summed E-state index contributed by atoms with van der Waals surface area (Å²) in [5, 5.41) is 37.2. The highest BCUT2D eigenvalue weighted by molar-refractivity contribution is 6.25. The third kappa shape index (κ3) is 4.84. The summed E-state index contributed by atoms with van der Waals surface area (Å²) in [6.07, 6.45) is -1.79. The van der Waals surface area contributed by atoms with Crippen LogP contribution in [0.2, 0.25) is 0 Å². The number of rotatable bonds is 9. The Morgan fingerprint density at radius 2 is 1.80 bits per heavy atom. The van der Waals surface area contributed by atoms with Gasteiger partial charge in [0, 0.05) is 64.6 Å². The number of ketones is 3. The van der Waals surface area contributed by atoms with Crippen molar-refractivity contribution >= 4 is 28.9 Å². The molecular weight excluding hydrogens is 536 g/mol. The second-order valence-corrected chi connectivity index (χ2v) is 11.7. The molecule has 3 aliphatic carbocycles. The number of primary amides is 1. The predicted octanol–water partition coefficient (Wildman–Crippen LogP) is -1.57. The number of nitrogens with one attached hydrogen (secondary N) is 1. The van der Waals surface area contributed by atoms with Crippen molar-refractivity contribution in [1.29, 1.82) is 0 Å². The summed E-state index contributed by atoms with van der Waals surface area (Å²) >= 11 is 0. The van der Waals surface area contributed by atoms with Crippen molar-refractivity contribution in [2.75, 3.05) is 53.9 Å². The average Bonchev–Trinajstić information content (AvgIpc) is 2.89. The summed E-state index contributed by atoms with van der Waals surface area (Å²) in [7, 11) is 9.82. The maximum Gasteiger partial charge on any atom is 0.230 e. The molecule has 0 spiro atoms. The van der Waals surface area contributed by atoms with Gasteiger partial charge < -0.3 is 45.6 Å². The molecule has 2 saturated carbocycles. The Morgan fingerprint density at radius 1 is 1.17 bits per heavy atom. The molecule has 7 atom stereocenters. The van der Waals surface area contributed by atoms with Crippen LogP contribution in [0.4, 0.5) is 5.69 Å². The minimum absolute atomic E-state index is 0.0291. The molecule has 4 unspecified atom stereocenters. The second kappa shape index (κ2) is 11.4. The zero-order valence-electron chi connectivity index (χ0n) is 24.2. The number of phenolic OH excluding ortho intramolecular Hbond substituents is 1. The fraction of sp³-hybridized carbons (Fsp3) is 0.643. The lowest BCUT2D eigenvalue weighted by molar-refractivity contribution is -0.190. The van der Waals surface area contributed by atoms with Crippen LogP contribution in [0.1, 0.15) is 27.9 Å². The molecule has 1 aromatic rings. The number of benzene rings is 1. The lowest BCUT2D eigenvalue weighted by Gasteiger charge is -2.55. The number of aliphatic hydroxyl groups excluding tert-OH is 1. The highest BCUT2D eigenvalue weighted by Gasteiger charge is 2.69. The van der Waals surface area contributed by atoms with Crippen molar-refractivity contribution in [3.8, 4) is 5.75 Å². The Labute approximate surface area is 238 Å². The van der Waals surface area contributed by atoms with Crippen molar-refractivity contribution in [2.45, 2.75) is 43.4 Å². The lowest BCUT2D eigenvalue weighted by atomic mass is 9.52. The maximum atomic E-state index is 14.1. The molecule has 6 N–H and O–H groups in total. The third-order valence-corrected chi connectivity index (χ3v) is 8.98. The Kier molecular flexibility index (Phi) is 8.61. The molecule has 3 aliphatic rings. The number of Topliss-reactive ketones (excluding diaryl/α,β-unsaturated/α-hetero) is 3. The Hall–Kier alpha value is -2.94. The van der Waals surface area contributed by atoms with Gasteiger partial charge in [-0.25, -0.2) is 0 Å². The molecule has 2 fully saturated rings. The van der Waals surface area contributed by atoms with Crippen molar-refractivity contribution < 1.29 is 44.0 Å². The van der Waals surface area contributed by atoms with E-state index in [2.05, 4.69) is 5.32 Å². The summed E-state index contributed by atoms with van der Waals surface area (Å²) < 4.78 is 10.3. The molecule has 0 radical (unpaired) electrons. The van der Waals surface area contributed by atoms with E-state index >= 15 is 0 Å². The number of aliphatic hydroxyl groups is 2. The summed E-state index contributed by atoms with van der Waals surface area (Å²) in [4.78, 5) is 57.2. The molecule has 41 heavy (non-hydrogen) atoms. The molecule has 0 heterocycles. The molecule has 13 heteroatoms. The number of carbonyl (C=O) groups is 4. The number of nitrogens with two attached hydrogens (primary N) is 1. The molecule has 4 rings (SSSR count). The standard InChI is InChI=1S/C28H40N4O9/c1-31(2)16-9-13(10-30-11-17(40-5)41-6)22(33)19-14(16)7-12-8-15-21(32(3)4)24(35)20(27(29)38)26(37)28(15,39)25(36)18(12)23(19)34/h9,12,15,17-18,20-21,24,30,33,35,39H,7-8,10-11H2,1-6H3,(H2,29,38)/t12-,15-,18?,20?,21?,24?,28-/m1/s1. The highest BCUT2D eigenvalue weighted by atomic mass is 16.7. The Morgan fingerprint density at radius 3 is 2.34 bits per heavy atom. The number of phenols is 1. The van der Waals surface area contributed by atoms with Gasteiger partial charge in [0.05, 0.1) is 17.6 Å². The molecule has 1 amide bonds. The van der Waals surface area contributed by atoms with E-state index in [0.29, 0.717) is 23.4 Å². The number of amides is 1. The first kappa shape index (κ1) is 31.0. The molecule has 0 aliphatic heterocycles. The van der Waals surface area contributed by atoms with E-state index in [1.165, 1.54) is 14.2 Å². The largest absolute Gasteiger partial charge is 0.507 e. The van der Waals surface area contributed by atoms with Gasteiger partial charge in [0.15, 0.2) is 29.2 Å². The topological polar surface area (TPSA) is 192 Å². The van der Waals surface area contributed by atoms with Gasteiger partial charge in [-0.2, -0.15) is 0 Å². The number of hydrogen-bond acceptors (Lipinski definition) is 12. The highest BCUT2D eigenvalue weighted by Crippen LogP contribution is 2.52. The summed E-state index contributed by atoms with van der Waals surface area (Å²) in [6.45, 7) is 0.458. The second-order valence-electron chi connectivity index (χ2n) is 11.7. The van der Waals surface area contributed by atoms with Crippen molar-refractivity contribution in [1.82, 2.24) is 10.2 Å². The number of fused-ring (bicyclic) bond motifs is 3. The minimum Gasteiger partial charge on any atom is -0.507 e. The monoisotopic (exact) mass is 576 g/mol. The number of likely N-dealkylation sites (N-methyl/N-ethyl adjacent to an activating group) is 1. The number of anilines is 1. The van der Waals surface area contributed by atoms with Gasteiger partial charge in [0.25, 0.3) is 0 Å². The van der Waals surface area contributed by atoms with Crippen LogP contribution in [0, 0.1) is 23.7 Å². The van der Waals surface area contributed by atoms with Gasteiger partial charge in [-0.05, 0) is 44.5 Å². The van der Waals surface area contributed by atoms with Gasteiger partial charge in [-0.15, -0.1) is 0 Å². The number of aromatic hydroxyl groups is 1.